The van der Waals surface area contributed by atoms with Crippen molar-refractivity contribution >= 4 is 50.0 Å². The lowest BCUT2D eigenvalue weighted by Crippen LogP contribution is -2.16. The fourth-order valence-corrected chi connectivity index (χ4v) is 3.34. The molecule has 0 bridgehead atoms. The summed E-state index contributed by atoms with van der Waals surface area (Å²) in [5, 5.41) is 12.5. The number of fused-ring (bicyclic) bond motifs is 1. The summed E-state index contributed by atoms with van der Waals surface area (Å²) in [7, 11) is 0. The van der Waals surface area contributed by atoms with Crippen LogP contribution < -0.4 is 11.1 Å². The SMILES string of the molecule is CC(CCO)SCC(=O)Nc1nc2ccc(N)cc2s1. The normalized spacial score (nSPS) is 12.5. The lowest BCUT2D eigenvalue weighted by Gasteiger charge is -2.08. The number of amides is 1. The van der Waals surface area contributed by atoms with Gasteiger partial charge in [-0.1, -0.05) is 18.3 Å². The van der Waals surface area contributed by atoms with Crippen LogP contribution in [0.3, 0.4) is 0 Å². The Morgan fingerprint density at radius 3 is 3.15 bits per heavy atom. The number of aliphatic hydroxyl groups is 1. The highest BCUT2D eigenvalue weighted by molar-refractivity contribution is 8.00. The van der Waals surface area contributed by atoms with E-state index >= 15 is 0 Å². The average molecular weight is 311 g/mol. The maximum atomic E-state index is 11.8. The van der Waals surface area contributed by atoms with E-state index in [4.69, 9.17) is 10.8 Å². The number of benzene rings is 1. The summed E-state index contributed by atoms with van der Waals surface area (Å²) in [4.78, 5) is 16.2. The summed E-state index contributed by atoms with van der Waals surface area (Å²) in [5.74, 6) is 0.283. The number of nitrogens with zero attached hydrogens (tertiary/aromatic N) is 1. The molecule has 0 spiro atoms. The minimum Gasteiger partial charge on any atom is -0.399 e. The maximum absolute atomic E-state index is 11.8. The fraction of sp³-hybridized carbons (Fsp3) is 0.385. The molecule has 1 aromatic carbocycles. The van der Waals surface area contributed by atoms with E-state index in [0.717, 1.165) is 10.2 Å². The van der Waals surface area contributed by atoms with Gasteiger partial charge in [-0.15, -0.1) is 11.8 Å². The van der Waals surface area contributed by atoms with Crippen molar-refractivity contribution < 1.29 is 9.90 Å². The predicted octanol–water partition coefficient (Wildman–Crippen LogP) is 2.32. The Labute approximate surface area is 125 Å². The predicted molar refractivity (Wildman–Crippen MR) is 86.3 cm³/mol. The standard InChI is InChI=1S/C13H17N3O2S2/c1-8(4-5-17)19-7-12(18)16-13-15-10-3-2-9(14)6-11(10)20-13/h2-3,6,8,17H,4-5,7,14H2,1H3,(H,15,16,18). The third-order valence-corrected chi connectivity index (χ3v) is 4.86. The summed E-state index contributed by atoms with van der Waals surface area (Å²) < 4.78 is 0.960. The molecular formula is C13H17N3O2S2. The third-order valence-electron chi connectivity index (χ3n) is 2.69. The largest absolute Gasteiger partial charge is 0.399 e. The van der Waals surface area contributed by atoms with Gasteiger partial charge in [0, 0.05) is 17.5 Å². The van der Waals surface area contributed by atoms with Crippen LogP contribution in [0.25, 0.3) is 10.2 Å². The molecule has 108 valence electrons. The number of nitrogens with two attached hydrogens (primary N) is 1. The number of hydrogen-bond donors (Lipinski definition) is 3. The van der Waals surface area contributed by atoms with Crippen molar-refractivity contribution in [1.82, 2.24) is 4.98 Å². The van der Waals surface area contributed by atoms with Crippen LogP contribution in [-0.2, 0) is 4.79 Å². The van der Waals surface area contributed by atoms with E-state index in [1.54, 1.807) is 6.07 Å². The lowest BCUT2D eigenvalue weighted by atomic mass is 10.3. The molecule has 2 aromatic rings. The molecule has 0 aliphatic rings. The average Bonchev–Trinajstić information content (AvgIpc) is 2.78. The van der Waals surface area contributed by atoms with Gasteiger partial charge in [0.15, 0.2) is 5.13 Å². The third kappa shape index (κ3) is 4.09. The van der Waals surface area contributed by atoms with Crippen LogP contribution in [0.2, 0.25) is 0 Å². The van der Waals surface area contributed by atoms with E-state index in [1.165, 1.54) is 23.1 Å². The Bertz CT molecular complexity index is 600. The number of carbonyl (C=O) groups is 1. The number of aliphatic hydroxyl groups excluding tert-OH is 1. The molecule has 2 rings (SSSR count). The van der Waals surface area contributed by atoms with Crippen LogP contribution in [0.1, 0.15) is 13.3 Å². The molecule has 1 unspecified atom stereocenters. The molecule has 0 saturated heterocycles. The second-order valence-electron chi connectivity index (χ2n) is 4.43. The molecule has 1 aromatic heterocycles. The number of carbonyl (C=O) groups excluding carboxylic acids is 1. The van der Waals surface area contributed by atoms with Crippen molar-refractivity contribution in [3.05, 3.63) is 18.2 Å². The van der Waals surface area contributed by atoms with Crippen molar-refractivity contribution in [3.63, 3.8) is 0 Å². The van der Waals surface area contributed by atoms with Crippen LogP contribution in [0.5, 0.6) is 0 Å². The van der Waals surface area contributed by atoms with E-state index in [1.807, 2.05) is 19.1 Å². The molecule has 0 radical (unpaired) electrons. The molecule has 0 fully saturated rings. The summed E-state index contributed by atoms with van der Waals surface area (Å²) in [5.41, 5.74) is 7.23. The summed E-state index contributed by atoms with van der Waals surface area (Å²) in [6.45, 7) is 2.14. The van der Waals surface area contributed by atoms with E-state index < -0.39 is 0 Å². The number of aromatic nitrogens is 1. The first-order valence-corrected chi connectivity index (χ1v) is 8.13. The van der Waals surface area contributed by atoms with E-state index in [-0.39, 0.29) is 17.8 Å². The van der Waals surface area contributed by atoms with Gasteiger partial charge in [-0.2, -0.15) is 0 Å². The van der Waals surface area contributed by atoms with Gasteiger partial charge < -0.3 is 16.2 Å². The molecular weight excluding hydrogens is 294 g/mol. The quantitative estimate of drug-likeness (QED) is 0.713. The van der Waals surface area contributed by atoms with Gasteiger partial charge in [0.2, 0.25) is 5.91 Å². The zero-order chi connectivity index (χ0) is 14.5. The molecule has 7 heteroatoms. The van der Waals surface area contributed by atoms with Gasteiger partial charge >= 0.3 is 0 Å². The Morgan fingerprint density at radius 1 is 1.60 bits per heavy atom. The van der Waals surface area contributed by atoms with Crippen molar-refractivity contribution in [2.45, 2.75) is 18.6 Å². The molecule has 0 aliphatic heterocycles. The molecule has 5 nitrogen and oxygen atoms in total. The molecule has 1 atom stereocenters. The summed E-state index contributed by atoms with van der Waals surface area (Å²) >= 11 is 2.93. The number of nitrogens with one attached hydrogen (secondary N) is 1. The molecule has 20 heavy (non-hydrogen) atoms. The molecule has 4 N–H and O–H groups in total. The monoisotopic (exact) mass is 311 g/mol. The Balaban J connectivity index is 1.92. The van der Waals surface area contributed by atoms with Crippen LogP contribution in [0, 0.1) is 0 Å². The Hall–Kier alpha value is -1.31. The molecule has 0 aliphatic carbocycles. The zero-order valence-corrected chi connectivity index (χ0v) is 12.8. The van der Waals surface area contributed by atoms with E-state index in [0.29, 0.717) is 23.0 Å². The Kier molecular flexibility index (Phi) is 5.22. The lowest BCUT2D eigenvalue weighted by molar-refractivity contribution is -0.113. The number of thiazole rings is 1. The number of anilines is 2. The van der Waals surface area contributed by atoms with Gasteiger partial charge in [0.05, 0.1) is 16.0 Å². The van der Waals surface area contributed by atoms with Crippen LogP contribution in [0.15, 0.2) is 18.2 Å². The van der Waals surface area contributed by atoms with Crippen LogP contribution >= 0.6 is 23.1 Å². The van der Waals surface area contributed by atoms with Crippen molar-refractivity contribution in [2.75, 3.05) is 23.4 Å². The van der Waals surface area contributed by atoms with Crippen LogP contribution in [-0.4, -0.2) is 33.6 Å². The second kappa shape index (κ2) is 6.92. The fourth-order valence-electron chi connectivity index (χ4n) is 1.63. The van der Waals surface area contributed by atoms with Gasteiger partial charge in [-0.05, 0) is 24.6 Å². The Morgan fingerprint density at radius 2 is 2.40 bits per heavy atom. The van der Waals surface area contributed by atoms with Gasteiger partial charge in [-0.3, -0.25) is 4.79 Å². The first kappa shape index (κ1) is 15.1. The second-order valence-corrected chi connectivity index (χ2v) is 6.89. The van der Waals surface area contributed by atoms with Crippen LogP contribution in [0.4, 0.5) is 10.8 Å². The van der Waals surface area contributed by atoms with E-state index in [9.17, 15) is 4.79 Å². The van der Waals surface area contributed by atoms with Crippen molar-refractivity contribution in [3.8, 4) is 0 Å². The van der Waals surface area contributed by atoms with Gasteiger partial charge in [0.1, 0.15) is 0 Å². The number of thioether (sulfide) groups is 1. The minimum atomic E-state index is -0.0770. The minimum absolute atomic E-state index is 0.0770. The first-order valence-electron chi connectivity index (χ1n) is 6.27. The summed E-state index contributed by atoms with van der Waals surface area (Å²) in [6.07, 6.45) is 0.693. The van der Waals surface area contributed by atoms with Crippen molar-refractivity contribution in [2.24, 2.45) is 0 Å². The first-order chi connectivity index (χ1) is 9.58. The van der Waals surface area contributed by atoms with Gasteiger partial charge in [0.25, 0.3) is 0 Å². The topological polar surface area (TPSA) is 88.2 Å². The number of rotatable bonds is 6. The smallest absolute Gasteiger partial charge is 0.236 e. The highest BCUT2D eigenvalue weighted by Gasteiger charge is 2.10. The highest BCUT2D eigenvalue weighted by atomic mass is 32.2. The maximum Gasteiger partial charge on any atom is 0.236 e. The molecule has 0 saturated carbocycles. The zero-order valence-electron chi connectivity index (χ0n) is 11.1. The summed E-state index contributed by atoms with van der Waals surface area (Å²) in [6, 6.07) is 5.48. The highest BCUT2D eigenvalue weighted by Crippen LogP contribution is 2.27. The molecule has 1 heterocycles. The molecule has 1 amide bonds. The van der Waals surface area contributed by atoms with Gasteiger partial charge in [-0.25, -0.2) is 4.98 Å². The number of nitrogen functional groups attached to an aromatic ring is 1. The van der Waals surface area contributed by atoms with E-state index in [2.05, 4.69) is 10.3 Å². The number of hydrogen-bond acceptors (Lipinski definition) is 6. The van der Waals surface area contributed by atoms with Crippen molar-refractivity contribution in [1.29, 1.82) is 0 Å².